The van der Waals surface area contributed by atoms with E-state index >= 15 is 0 Å². The van der Waals surface area contributed by atoms with E-state index in [0.29, 0.717) is 44.3 Å². The molecule has 2 heterocycles. The second-order valence-corrected chi connectivity index (χ2v) is 8.98. The number of carbonyl (C=O) groups is 1. The quantitative estimate of drug-likeness (QED) is 0.626. The Morgan fingerprint density at radius 2 is 1.74 bits per heavy atom. The molecule has 3 aliphatic rings. The number of benzene rings is 1. The first kappa shape index (κ1) is 22.6. The lowest BCUT2D eigenvalue weighted by molar-refractivity contribution is -0.0557. The second-order valence-electron chi connectivity index (χ2n) is 8.98. The van der Waals surface area contributed by atoms with Crippen LogP contribution in [0.1, 0.15) is 23.2 Å². The van der Waals surface area contributed by atoms with Crippen LogP contribution >= 0.6 is 0 Å². The number of β-amino-alcohol motifs (C(OH)–C–C–N with tert-alkyl or cyclic N) is 1. The van der Waals surface area contributed by atoms with Crippen LogP contribution in [-0.2, 0) is 9.47 Å². The lowest BCUT2D eigenvalue weighted by atomic mass is 10.1. The molecule has 0 radical (unpaired) electrons. The van der Waals surface area contributed by atoms with Gasteiger partial charge in [-0.1, -0.05) is 0 Å². The molecule has 2 aliphatic heterocycles. The van der Waals surface area contributed by atoms with E-state index in [4.69, 9.17) is 9.47 Å². The SMILES string of the molecule is O=C(c1ccc(F)cc1)N(CC1CC1)CC1CN(CC(O)CN2CCOCC2)CCO1. The number of amides is 1. The van der Waals surface area contributed by atoms with Crippen molar-refractivity contribution >= 4 is 5.91 Å². The summed E-state index contributed by atoms with van der Waals surface area (Å²) >= 11 is 0. The van der Waals surface area contributed by atoms with Crippen LogP contribution in [0.3, 0.4) is 0 Å². The topological polar surface area (TPSA) is 65.5 Å². The Kier molecular flexibility index (Phi) is 7.90. The average Bonchev–Trinajstić information content (AvgIpc) is 3.58. The van der Waals surface area contributed by atoms with Crippen LogP contribution < -0.4 is 0 Å². The van der Waals surface area contributed by atoms with Gasteiger partial charge < -0.3 is 19.5 Å². The molecule has 3 fully saturated rings. The van der Waals surface area contributed by atoms with Gasteiger partial charge in [0, 0.05) is 57.9 Å². The van der Waals surface area contributed by atoms with Crippen molar-refractivity contribution in [3.8, 4) is 0 Å². The Labute approximate surface area is 183 Å². The van der Waals surface area contributed by atoms with Crippen LogP contribution in [0, 0.1) is 11.7 Å². The zero-order chi connectivity index (χ0) is 21.6. The van der Waals surface area contributed by atoms with Crippen LogP contribution in [0.25, 0.3) is 0 Å². The van der Waals surface area contributed by atoms with Gasteiger partial charge in [-0.2, -0.15) is 0 Å². The molecule has 31 heavy (non-hydrogen) atoms. The highest BCUT2D eigenvalue weighted by Gasteiger charge is 2.31. The number of aliphatic hydroxyl groups is 1. The van der Waals surface area contributed by atoms with Crippen molar-refractivity contribution in [2.24, 2.45) is 5.92 Å². The van der Waals surface area contributed by atoms with Crippen molar-refractivity contribution in [2.45, 2.75) is 25.0 Å². The summed E-state index contributed by atoms with van der Waals surface area (Å²) in [6.07, 6.45) is 1.80. The predicted molar refractivity (Wildman–Crippen MR) is 114 cm³/mol. The lowest BCUT2D eigenvalue weighted by Gasteiger charge is -2.37. The van der Waals surface area contributed by atoms with E-state index in [1.54, 1.807) is 12.1 Å². The maximum absolute atomic E-state index is 13.3. The molecule has 1 saturated carbocycles. The van der Waals surface area contributed by atoms with Crippen molar-refractivity contribution in [3.63, 3.8) is 0 Å². The largest absolute Gasteiger partial charge is 0.390 e. The van der Waals surface area contributed by atoms with Crippen LogP contribution in [-0.4, -0.2) is 110 Å². The Balaban J connectivity index is 1.30. The molecule has 1 aromatic rings. The summed E-state index contributed by atoms with van der Waals surface area (Å²) in [6, 6.07) is 5.76. The predicted octanol–water partition coefficient (Wildman–Crippen LogP) is 1.07. The van der Waals surface area contributed by atoms with Gasteiger partial charge in [-0.15, -0.1) is 0 Å². The van der Waals surface area contributed by atoms with Crippen molar-refractivity contribution in [1.29, 1.82) is 0 Å². The first-order valence-electron chi connectivity index (χ1n) is 11.4. The minimum Gasteiger partial charge on any atom is -0.390 e. The molecule has 7 nitrogen and oxygen atoms in total. The molecule has 1 N–H and O–H groups in total. The maximum Gasteiger partial charge on any atom is 0.253 e. The minimum absolute atomic E-state index is 0.0695. The first-order chi connectivity index (χ1) is 15.1. The summed E-state index contributed by atoms with van der Waals surface area (Å²) in [7, 11) is 0. The van der Waals surface area contributed by atoms with Crippen molar-refractivity contribution in [1.82, 2.24) is 14.7 Å². The summed E-state index contributed by atoms with van der Waals surface area (Å²) in [5, 5.41) is 10.5. The summed E-state index contributed by atoms with van der Waals surface area (Å²) in [6.45, 7) is 7.75. The summed E-state index contributed by atoms with van der Waals surface area (Å²) in [4.78, 5) is 19.4. The number of nitrogens with zero attached hydrogens (tertiary/aromatic N) is 3. The van der Waals surface area contributed by atoms with E-state index < -0.39 is 6.10 Å². The van der Waals surface area contributed by atoms with Gasteiger partial charge in [0.15, 0.2) is 0 Å². The summed E-state index contributed by atoms with van der Waals surface area (Å²) in [5.74, 6) is 0.145. The Morgan fingerprint density at radius 1 is 1.06 bits per heavy atom. The van der Waals surface area contributed by atoms with Gasteiger partial charge in [0.2, 0.25) is 0 Å². The molecular weight excluding hydrogens is 401 g/mol. The number of ether oxygens (including phenoxy) is 2. The van der Waals surface area contributed by atoms with E-state index in [-0.39, 0.29) is 17.8 Å². The van der Waals surface area contributed by atoms with Crippen LogP contribution in [0.2, 0.25) is 0 Å². The third-order valence-corrected chi connectivity index (χ3v) is 6.24. The summed E-state index contributed by atoms with van der Waals surface area (Å²) < 4.78 is 24.6. The molecule has 0 bridgehead atoms. The van der Waals surface area contributed by atoms with E-state index in [0.717, 1.165) is 52.2 Å². The molecule has 1 aliphatic carbocycles. The van der Waals surface area contributed by atoms with Crippen LogP contribution in [0.5, 0.6) is 0 Å². The molecule has 0 spiro atoms. The van der Waals surface area contributed by atoms with Crippen molar-refractivity contribution in [2.75, 3.05) is 72.2 Å². The van der Waals surface area contributed by atoms with E-state index in [1.807, 2.05) is 4.90 Å². The Bertz CT molecular complexity index is 709. The first-order valence-corrected chi connectivity index (χ1v) is 11.4. The van der Waals surface area contributed by atoms with Crippen LogP contribution in [0.15, 0.2) is 24.3 Å². The molecular formula is C23H34FN3O4. The van der Waals surface area contributed by atoms with Crippen molar-refractivity contribution in [3.05, 3.63) is 35.6 Å². The fourth-order valence-corrected chi connectivity index (χ4v) is 4.37. The number of rotatable bonds is 9. The van der Waals surface area contributed by atoms with Gasteiger partial charge in [-0.05, 0) is 43.0 Å². The fourth-order valence-electron chi connectivity index (χ4n) is 4.37. The highest BCUT2D eigenvalue weighted by molar-refractivity contribution is 5.94. The molecule has 4 rings (SSSR count). The highest BCUT2D eigenvalue weighted by atomic mass is 19.1. The number of halogens is 1. The van der Waals surface area contributed by atoms with Gasteiger partial charge >= 0.3 is 0 Å². The van der Waals surface area contributed by atoms with Gasteiger partial charge in [0.1, 0.15) is 5.82 Å². The average molecular weight is 436 g/mol. The lowest BCUT2D eigenvalue weighted by Crippen LogP contribution is -2.52. The number of morpholine rings is 2. The number of hydrogen-bond donors (Lipinski definition) is 1. The molecule has 0 aromatic heterocycles. The monoisotopic (exact) mass is 435 g/mol. The van der Waals surface area contributed by atoms with Crippen LogP contribution in [0.4, 0.5) is 4.39 Å². The van der Waals surface area contributed by atoms with Gasteiger partial charge in [-0.25, -0.2) is 4.39 Å². The zero-order valence-corrected chi connectivity index (χ0v) is 18.1. The van der Waals surface area contributed by atoms with E-state index in [2.05, 4.69) is 9.80 Å². The van der Waals surface area contributed by atoms with E-state index in [1.165, 1.54) is 12.1 Å². The smallest absolute Gasteiger partial charge is 0.253 e. The second kappa shape index (κ2) is 10.8. The third kappa shape index (κ3) is 6.95. The standard InChI is InChI=1S/C23H34FN3O4/c24-20-5-3-19(4-6-20)23(29)27(13-18-1-2-18)17-22-16-26(9-12-31-22)15-21(28)14-25-7-10-30-11-8-25/h3-6,18,21-22,28H,1-2,7-17H2. The fraction of sp³-hybridized carbons (Fsp3) is 0.696. The Morgan fingerprint density at radius 3 is 2.45 bits per heavy atom. The highest BCUT2D eigenvalue weighted by Crippen LogP contribution is 2.30. The molecule has 2 unspecified atom stereocenters. The van der Waals surface area contributed by atoms with Gasteiger partial charge in [-0.3, -0.25) is 14.6 Å². The molecule has 2 atom stereocenters. The molecule has 8 heteroatoms. The number of hydrogen-bond acceptors (Lipinski definition) is 6. The zero-order valence-electron chi connectivity index (χ0n) is 18.1. The summed E-state index contributed by atoms with van der Waals surface area (Å²) in [5.41, 5.74) is 0.510. The normalized spacial score (nSPS) is 24.1. The molecule has 1 amide bonds. The third-order valence-electron chi connectivity index (χ3n) is 6.24. The minimum atomic E-state index is -0.416. The molecule has 172 valence electrons. The van der Waals surface area contributed by atoms with Gasteiger partial charge in [0.25, 0.3) is 5.91 Å². The van der Waals surface area contributed by atoms with E-state index in [9.17, 15) is 14.3 Å². The molecule has 1 aromatic carbocycles. The van der Waals surface area contributed by atoms with Gasteiger partial charge in [0.05, 0.1) is 32.0 Å². The van der Waals surface area contributed by atoms with Crippen molar-refractivity contribution < 1.29 is 23.8 Å². The number of carbonyl (C=O) groups excluding carboxylic acids is 1. The number of aliphatic hydroxyl groups excluding tert-OH is 1. The Hall–Kier alpha value is -1.58. The maximum atomic E-state index is 13.3. The molecule has 2 saturated heterocycles.